The fourth-order valence-electron chi connectivity index (χ4n) is 3.63. The molecule has 4 rings (SSSR count). The maximum absolute atomic E-state index is 13.3. The molecule has 4 aromatic carbocycles. The molecular formula is C34H27ClF6O8S2. The summed E-state index contributed by atoms with van der Waals surface area (Å²) in [5.74, 6) is -0.371. The molecule has 1 N–H and O–H groups in total. The van der Waals surface area contributed by atoms with Gasteiger partial charge in [0.25, 0.3) is 4.51 Å². The molecule has 0 heterocycles. The predicted molar refractivity (Wildman–Crippen MR) is 182 cm³/mol. The zero-order chi connectivity index (χ0) is 38.2. The van der Waals surface area contributed by atoms with Crippen LogP contribution in [0, 0.1) is 0 Å². The first kappa shape index (κ1) is 42.4. The van der Waals surface area contributed by atoms with Crippen molar-refractivity contribution in [2.75, 3.05) is 14.2 Å². The van der Waals surface area contributed by atoms with Crippen molar-refractivity contribution in [3.8, 4) is 11.5 Å². The summed E-state index contributed by atoms with van der Waals surface area (Å²) in [6.45, 7) is 0. The van der Waals surface area contributed by atoms with Gasteiger partial charge in [-0.2, -0.15) is 26.3 Å². The van der Waals surface area contributed by atoms with Gasteiger partial charge < -0.3 is 28.8 Å². The summed E-state index contributed by atoms with van der Waals surface area (Å²) in [6, 6.07) is 26.3. The molecule has 272 valence electrons. The van der Waals surface area contributed by atoms with Crippen LogP contribution in [0.25, 0.3) is 0 Å². The highest BCUT2D eigenvalue weighted by Crippen LogP contribution is 2.36. The van der Waals surface area contributed by atoms with Gasteiger partial charge in [-0.15, -0.1) is 0 Å². The lowest BCUT2D eigenvalue weighted by Gasteiger charge is -2.22. The van der Waals surface area contributed by atoms with Gasteiger partial charge in [-0.05, 0) is 77.9 Å². The molecule has 0 aromatic heterocycles. The Balaban J connectivity index is 0.000000295. The predicted octanol–water partition coefficient (Wildman–Crippen LogP) is 9.12. The fraction of sp³-hybridized carbons (Fsp3) is 0.176. The Morgan fingerprint density at radius 1 is 0.627 bits per heavy atom. The van der Waals surface area contributed by atoms with Crippen molar-refractivity contribution in [1.29, 1.82) is 0 Å². The Morgan fingerprint density at radius 2 is 1.02 bits per heavy atom. The fourth-order valence-corrected chi connectivity index (χ4v) is 4.01. The molecule has 0 fully saturated rings. The zero-order valence-electron chi connectivity index (χ0n) is 26.3. The van der Waals surface area contributed by atoms with Crippen LogP contribution in [-0.2, 0) is 14.2 Å². The van der Waals surface area contributed by atoms with Gasteiger partial charge in [0.1, 0.15) is 11.5 Å². The first-order chi connectivity index (χ1) is 24.0. The number of benzene rings is 4. The molecule has 4 aromatic rings. The molecule has 2 atom stereocenters. The zero-order valence-corrected chi connectivity index (χ0v) is 28.7. The van der Waals surface area contributed by atoms with Crippen molar-refractivity contribution in [1.82, 2.24) is 0 Å². The molecule has 0 amide bonds. The van der Waals surface area contributed by atoms with Crippen LogP contribution < -0.4 is 9.47 Å². The molecule has 0 saturated carbocycles. The second kappa shape index (κ2) is 20.2. The summed E-state index contributed by atoms with van der Waals surface area (Å²) in [5.41, 5.74) is -0.296. The lowest BCUT2D eigenvalue weighted by atomic mass is 10.1. The standard InChI is InChI=1S/C17H13F3O4S.C10H9F3O3.C7H5ClOS/c1-22-15(21)12-9-7-11(8-10-12)14(17(18,19)20)24-16(25)23-13-5-3-2-4-6-13;1-16-9(15)7-4-2-6(3-5-7)8(14)10(11,12)13;8-7(10)9-6-4-2-1-3-5-6/h2-10,14H,1H3;2-5,8,14H,1H3;1-5H. The summed E-state index contributed by atoms with van der Waals surface area (Å²) < 4.78 is 99.9. The highest BCUT2D eigenvalue weighted by Gasteiger charge is 2.44. The van der Waals surface area contributed by atoms with E-state index in [-0.39, 0.29) is 32.5 Å². The van der Waals surface area contributed by atoms with E-state index in [0.717, 1.165) is 36.4 Å². The average molecular weight is 777 g/mol. The second-order valence-corrected chi connectivity index (χ2v) is 10.8. The summed E-state index contributed by atoms with van der Waals surface area (Å²) in [7, 11) is 2.35. The van der Waals surface area contributed by atoms with E-state index in [1.165, 1.54) is 38.5 Å². The lowest BCUT2D eigenvalue weighted by Crippen LogP contribution is -2.27. The summed E-state index contributed by atoms with van der Waals surface area (Å²) >= 11 is 14.6. The van der Waals surface area contributed by atoms with Gasteiger partial charge in [0.05, 0.1) is 25.3 Å². The van der Waals surface area contributed by atoms with Crippen LogP contribution in [0.4, 0.5) is 26.3 Å². The Labute approximate surface area is 303 Å². The summed E-state index contributed by atoms with van der Waals surface area (Å²) in [4.78, 5) is 22.3. The van der Waals surface area contributed by atoms with Crippen LogP contribution in [0.2, 0.25) is 0 Å². The Bertz CT molecular complexity index is 1710. The number of rotatable bonds is 7. The third-order valence-corrected chi connectivity index (χ3v) is 6.33. The van der Waals surface area contributed by atoms with Gasteiger partial charge in [-0.3, -0.25) is 0 Å². The lowest BCUT2D eigenvalue weighted by molar-refractivity contribution is -0.206. The van der Waals surface area contributed by atoms with E-state index < -0.39 is 41.7 Å². The van der Waals surface area contributed by atoms with E-state index in [1.807, 2.05) is 18.2 Å². The number of aliphatic hydroxyl groups excluding tert-OH is 1. The molecule has 51 heavy (non-hydrogen) atoms. The van der Waals surface area contributed by atoms with E-state index >= 15 is 0 Å². The molecule has 0 saturated heterocycles. The smallest absolute Gasteiger partial charge is 0.429 e. The highest BCUT2D eigenvalue weighted by atomic mass is 35.5. The number of methoxy groups -OCH3 is 2. The quantitative estimate of drug-likeness (QED) is 0.0847. The number of para-hydroxylation sites is 2. The summed E-state index contributed by atoms with van der Waals surface area (Å²) in [5, 5.41) is 8.24. The van der Waals surface area contributed by atoms with E-state index in [2.05, 4.69) is 21.7 Å². The minimum absolute atomic E-state index is 0.0196. The van der Waals surface area contributed by atoms with Crippen LogP contribution in [0.3, 0.4) is 0 Å². The van der Waals surface area contributed by atoms with E-state index in [4.69, 9.17) is 43.1 Å². The van der Waals surface area contributed by atoms with Crippen molar-refractivity contribution in [3.63, 3.8) is 0 Å². The van der Waals surface area contributed by atoms with Gasteiger partial charge in [-0.25, -0.2) is 9.59 Å². The average Bonchev–Trinajstić information content (AvgIpc) is 3.10. The van der Waals surface area contributed by atoms with E-state index in [1.54, 1.807) is 30.3 Å². The van der Waals surface area contributed by atoms with Crippen LogP contribution in [0.5, 0.6) is 11.5 Å². The molecule has 0 aliphatic rings. The number of esters is 2. The number of aliphatic hydroxyl groups is 1. The molecule has 0 aliphatic carbocycles. The number of carbonyl (C=O) groups is 2. The van der Waals surface area contributed by atoms with Crippen molar-refractivity contribution in [2.24, 2.45) is 0 Å². The van der Waals surface area contributed by atoms with Crippen LogP contribution in [0.15, 0.2) is 109 Å². The van der Waals surface area contributed by atoms with Crippen LogP contribution in [0.1, 0.15) is 44.1 Å². The number of thiocarbonyl (C=S) groups is 2. The third kappa shape index (κ3) is 14.9. The van der Waals surface area contributed by atoms with Crippen LogP contribution >= 0.6 is 36.0 Å². The van der Waals surface area contributed by atoms with Gasteiger partial charge in [0.2, 0.25) is 6.10 Å². The van der Waals surface area contributed by atoms with E-state index in [0.29, 0.717) is 5.75 Å². The van der Waals surface area contributed by atoms with E-state index in [9.17, 15) is 35.9 Å². The molecule has 0 radical (unpaired) electrons. The first-order valence-electron chi connectivity index (χ1n) is 14.0. The molecule has 0 bridgehead atoms. The minimum atomic E-state index is -4.73. The number of halogens is 7. The monoisotopic (exact) mass is 776 g/mol. The first-order valence-corrected chi connectivity index (χ1v) is 15.2. The summed E-state index contributed by atoms with van der Waals surface area (Å²) in [6.07, 6.45) is -14.3. The maximum Gasteiger partial charge on any atom is 0.429 e. The second-order valence-electron chi connectivity index (χ2n) is 9.53. The molecule has 8 nitrogen and oxygen atoms in total. The molecule has 0 spiro atoms. The molecule has 2 unspecified atom stereocenters. The maximum atomic E-state index is 13.3. The number of hydrogen-bond donors (Lipinski definition) is 1. The number of ether oxygens (including phenoxy) is 5. The Hall–Kier alpha value is -4.77. The van der Waals surface area contributed by atoms with Crippen molar-refractivity contribution < 1.29 is 64.7 Å². The van der Waals surface area contributed by atoms with Crippen LogP contribution in [-0.4, -0.2) is 53.4 Å². The molecule has 17 heteroatoms. The topological polar surface area (TPSA) is 101 Å². The molecular weight excluding hydrogens is 750 g/mol. The van der Waals surface area contributed by atoms with Crippen molar-refractivity contribution >= 4 is 57.7 Å². The number of carbonyl (C=O) groups excluding carboxylic acids is 2. The largest absolute Gasteiger partial charge is 0.465 e. The normalized spacial score (nSPS) is 11.9. The van der Waals surface area contributed by atoms with Gasteiger partial charge in [0.15, 0.2) is 6.10 Å². The van der Waals surface area contributed by atoms with Gasteiger partial charge in [-0.1, -0.05) is 60.7 Å². The Kier molecular flexibility index (Phi) is 16.8. The third-order valence-electron chi connectivity index (χ3n) is 5.99. The van der Waals surface area contributed by atoms with Gasteiger partial charge >= 0.3 is 29.5 Å². The van der Waals surface area contributed by atoms with Crippen molar-refractivity contribution in [2.45, 2.75) is 24.6 Å². The number of hydrogen-bond acceptors (Lipinski definition) is 10. The Morgan fingerprint density at radius 3 is 1.37 bits per heavy atom. The SMILES string of the molecule is COC(=O)c1ccc(C(O)C(F)(F)F)cc1.COC(=O)c1ccc(C(OC(=S)Oc2ccccc2)C(F)(F)F)cc1.S=C(Cl)Oc1ccccc1. The van der Waals surface area contributed by atoms with Crippen molar-refractivity contribution in [3.05, 3.63) is 131 Å². The minimum Gasteiger partial charge on any atom is -0.465 e. The highest BCUT2D eigenvalue weighted by molar-refractivity contribution is 7.82. The number of alkyl halides is 6. The van der Waals surface area contributed by atoms with Gasteiger partial charge in [0, 0.05) is 17.8 Å². The molecule has 0 aliphatic heterocycles.